The molecule has 1 N–H and O–H groups in total. The summed E-state index contributed by atoms with van der Waals surface area (Å²) >= 11 is -3.50. The summed E-state index contributed by atoms with van der Waals surface area (Å²) in [6.07, 6.45) is 0. The number of hydrogen-bond donors (Lipinski definition) is 1. The number of benzene rings is 2. The quantitative estimate of drug-likeness (QED) is 0.775. The molecule has 3 nitrogen and oxygen atoms in total. The van der Waals surface area contributed by atoms with E-state index in [4.69, 9.17) is 3.82 Å². The van der Waals surface area contributed by atoms with Crippen molar-refractivity contribution >= 4 is 28.4 Å². The molecule has 2 aromatic rings. The summed E-state index contributed by atoms with van der Waals surface area (Å²) in [7, 11) is 0. The van der Waals surface area contributed by atoms with E-state index < -0.39 is 19.5 Å². The van der Waals surface area contributed by atoms with Gasteiger partial charge in [0.2, 0.25) is 0 Å². The molecule has 0 radical (unpaired) electrons. The van der Waals surface area contributed by atoms with E-state index in [1.807, 2.05) is 24.3 Å². The van der Waals surface area contributed by atoms with Gasteiger partial charge in [-0.25, -0.2) is 0 Å². The van der Waals surface area contributed by atoms with Crippen molar-refractivity contribution in [3.8, 4) is 0 Å². The molecule has 0 saturated heterocycles. The van der Waals surface area contributed by atoms with E-state index in [0.717, 1.165) is 0 Å². The Hall–Kier alpha value is -1.61. The van der Waals surface area contributed by atoms with Crippen molar-refractivity contribution in [3.05, 3.63) is 60.2 Å². The Morgan fingerprint density at radius 1 is 0.941 bits per heavy atom. The van der Waals surface area contributed by atoms with Gasteiger partial charge in [0.1, 0.15) is 0 Å². The van der Waals surface area contributed by atoms with Crippen LogP contribution < -0.4 is 8.92 Å². The van der Waals surface area contributed by atoms with Crippen LogP contribution in [0.15, 0.2) is 54.6 Å². The van der Waals surface area contributed by atoms with Gasteiger partial charge in [0.05, 0.1) is 0 Å². The van der Waals surface area contributed by atoms with Gasteiger partial charge in [-0.2, -0.15) is 0 Å². The van der Waals surface area contributed by atoms with Crippen LogP contribution in [0, 0.1) is 0 Å². The minimum atomic E-state index is -3.50. The van der Waals surface area contributed by atoms with Gasteiger partial charge in [0, 0.05) is 0 Å². The van der Waals surface area contributed by atoms with E-state index >= 15 is 0 Å². The summed E-state index contributed by atoms with van der Waals surface area (Å²) < 4.78 is 17.3. The number of fused-ring (bicyclic) bond motifs is 1. The number of carbonyl (C=O) groups excluding carboxylic acids is 1. The molecule has 17 heavy (non-hydrogen) atoms. The van der Waals surface area contributed by atoms with Crippen LogP contribution in [0.4, 0.5) is 0 Å². The minimum absolute atomic E-state index is 0.424. The fourth-order valence-corrected chi connectivity index (χ4v) is 6.03. The SMILES string of the molecule is O=C1O[Se](O)(c2ccccc2)c2ccccc21. The molecule has 1 unspecified atom stereocenters. The number of hydrogen-bond acceptors (Lipinski definition) is 3. The molecule has 0 saturated carbocycles. The van der Waals surface area contributed by atoms with E-state index in [1.54, 1.807) is 30.3 Å². The molecule has 4 heteroatoms. The molecule has 0 bridgehead atoms. The van der Waals surface area contributed by atoms with Crippen LogP contribution in [0.3, 0.4) is 0 Å². The van der Waals surface area contributed by atoms with Crippen molar-refractivity contribution in [1.82, 2.24) is 0 Å². The predicted octanol–water partition coefficient (Wildman–Crippen LogP) is 0.406. The molecule has 86 valence electrons. The van der Waals surface area contributed by atoms with Gasteiger partial charge >= 0.3 is 101 Å². The van der Waals surface area contributed by atoms with E-state index in [1.165, 1.54) is 0 Å². The van der Waals surface area contributed by atoms with Crippen LogP contribution in [-0.4, -0.2) is 23.7 Å². The van der Waals surface area contributed by atoms with E-state index in [9.17, 15) is 8.98 Å². The molecular weight excluding hydrogens is 283 g/mol. The molecule has 0 aromatic heterocycles. The first kappa shape index (κ1) is 10.5. The van der Waals surface area contributed by atoms with Crippen molar-refractivity contribution in [1.29, 1.82) is 0 Å². The van der Waals surface area contributed by atoms with Crippen molar-refractivity contribution in [2.24, 2.45) is 0 Å². The zero-order valence-corrected chi connectivity index (χ0v) is 10.6. The van der Waals surface area contributed by atoms with E-state index in [0.29, 0.717) is 14.5 Å². The van der Waals surface area contributed by atoms with Gasteiger partial charge in [0.25, 0.3) is 0 Å². The fraction of sp³-hybridized carbons (Fsp3) is 0. The Labute approximate surface area is 102 Å². The maximum atomic E-state index is 11.7. The summed E-state index contributed by atoms with van der Waals surface area (Å²) in [6.45, 7) is 0. The molecule has 1 aliphatic rings. The number of rotatable bonds is 1. The van der Waals surface area contributed by atoms with Gasteiger partial charge in [-0.1, -0.05) is 0 Å². The second-order valence-electron chi connectivity index (χ2n) is 3.71. The second kappa shape index (κ2) is 3.70. The van der Waals surface area contributed by atoms with Gasteiger partial charge in [-0.05, 0) is 0 Å². The van der Waals surface area contributed by atoms with Crippen molar-refractivity contribution < 1.29 is 12.8 Å². The summed E-state index contributed by atoms with van der Waals surface area (Å²) in [6, 6.07) is 16.2. The first-order valence-corrected chi connectivity index (χ1v) is 8.33. The third kappa shape index (κ3) is 1.50. The summed E-state index contributed by atoms with van der Waals surface area (Å²) in [5, 5.41) is 0. The van der Waals surface area contributed by atoms with Crippen LogP contribution in [0.5, 0.6) is 0 Å². The molecule has 1 aliphatic heterocycles. The molecule has 1 heterocycles. The Morgan fingerprint density at radius 3 is 2.35 bits per heavy atom. The fourth-order valence-electron chi connectivity index (χ4n) is 1.86. The van der Waals surface area contributed by atoms with Crippen LogP contribution in [0.2, 0.25) is 0 Å². The monoisotopic (exact) mass is 294 g/mol. The molecule has 2 aromatic carbocycles. The molecular formula is C13H10O3Se. The van der Waals surface area contributed by atoms with Crippen LogP contribution in [0.1, 0.15) is 10.4 Å². The van der Waals surface area contributed by atoms with Gasteiger partial charge in [-0.3, -0.25) is 0 Å². The maximum absolute atomic E-state index is 11.7. The Bertz CT molecular complexity index is 582. The van der Waals surface area contributed by atoms with Gasteiger partial charge in [-0.15, -0.1) is 0 Å². The molecule has 0 aliphatic carbocycles. The molecule has 0 spiro atoms. The second-order valence-corrected chi connectivity index (χ2v) is 8.17. The third-order valence-electron chi connectivity index (χ3n) is 2.66. The first-order valence-electron chi connectivity index (χ1n) is 5.15. The van der Waals surface area contributed by atoms with Gasteiger partial charge in [0.15, 0.2) is 0 Å². The standard InChI is InChI=1S/C13H10O3Se/c14-13-11-8-4-5-9-12(11)17(15,16-13)10-6-2-1-3-7-10/h1-9,15H. The van der Waals surface area contributed by atoms with Crippen molar-refractivity contribution in [2.75, 3.05) is 0 Å². The van der Waals surface area contributed by atoms with E-state index in [-0.39, 0.29) is 0 Å². The molecule has 0 fully saturated rings. The molecule has 1 atom stereocenters. The predicted molar refractivity (Wildman–Crippen MR) is 65.5 cm³/mol. The summed E-state index contributed by atoms with van der Waals surface area (Å²) in [5.74, 6) is -0.424. The average Bonchev–Trinajstić information content (AvgIpc) is 2.65. The number of carbonyl (C=O) groups is 1. The Morgan fingerprint density at radius 2 is 1.59 bits per heavy atom. The Balaban J connectivity index is 2.21. The molecule has 0 amide bonds. The Kier molecular flexibility index (Phi) is 2.30. The topological polar surface area (TPSA) is 46.5 Å². The zero-order valence-electron chi connectivity index (χ0n) is 8.87. The van der Waals surface area contributed by atoms with E-state index in [2.05, 4.69) is 0 Å². The normalized spacial score (nSPS) is 25.8. The summed E-state index contributed by atoms with van der Waals surface area (Å²) in [4.78, 5) is 11.7. The zero-order chi connectivity index (χ0) is 11.9. The van der Waals surface area contributed by atoms with Gasteiger partial charge < -0.3 is 0 Å². The van der Waals surface area contributed by atoms with Crippen molar-refractivity contribution in [2.45, 2.75) is 0 Å². The average molecular weight is 293 g/mol. The van der Waals surface area contributed by atoms with Crippen LogP contribution in [0.25, 0.3) is 0 Å². The van der Waals surface area contributed by atoms with Crippen LogP contribution >= 0.6 is 0 Å². The first-order chi connectivity index (χ1) is 8.22. The van der Waals surface area contributed by atoms with Crippen LogP contribution in [-0.2, 0) is 3.82 Å². The summed E-state index contributed by atoms with van der Waals surface area (Å²) in [5.41, 5.74) is 0.485. The third-order valence-corrected chi connectivity index (χ3v) is 7.40. The molecule has 3 rings (SSSR count). The van der Waals surface area contributed by atoms with Crippen molar-refractivity contribution in [3.63, 3.8) is 0 Å².